The molecule has 610 valence electrons. The number of rotatable bonds is 20. The third-order valence-corrected chi connectivity index (χ3v) is 18.8. The first kappa shape index (κ1) is 86.5. The number of carbonyl (C=O) groups excluding carboxylic acids is 3. The number of halogens is 6. The number of pyridine rings is 1. The molecule has 14 rings (SSSR count). The number of ketones is 2. The first-order valence-corrected chi connectivity index (χ1v) is 37.0. The molecule has 29 heteroatoms. The lowest BCUT2D eigenvalue weighted by molar-refractivity contribution is 0.0505. The van der Waals surface area contributed by atoms with Gasteiger partial charge in [0.2, 0.25) is 0 Å². The Morgan fingerprint density at radius 3 is 1.64 bits per heavy atom. The largest absolute Gasteiger partial charge is 0.497 e. The Bertz CT molecular complexity index is 5840. The predicted octanol–water partition coefficient (Wildman–Crippen LogP) is 21.8. The maximum Gasteiger partial charge on any atom is 0.339 e. The van der Waals surface area contributed by atoms with E-state index in [0.29, 0.717) is 111 Å². The molecule has 0 bridgehead atoms. The molecule has 1 aliphatic rings. The van der Waals surface area contributed by atoms with E-state index in [1.54, 1.807) is 154 Å². The van der Waals surface area contributed by atoms with Gasteiger partial charge in [0.05, 0.1) is 61.1 Å². The molecule has 0 radical (unpaired) electrons. The molecule has 0 saturated carbocycles. The summed E-state index contributed by atoms with van der Waals surface area (Å²) in [5.41, 5.74) is 10.4. The van der Waals surface area contributed by atoms with Gasteiger partial charge in [-0.1, -0.05) is 132 Å². The van der Waals surface area contributed by atoms with Crippen molar-refractivity contribution >= 4 is 127 Å². The van der Waals surface area contributed by atoms with E-state index in [9.17, 15) is 57.3 Å². The molecule has 13 aromatic rings. The van der Waals surface area contributed by atoms with Crippen LogP contribution in [0.15, 0.2) is 242 Å². The van der Waals surface area contributed by atoms with Crippen molar-refractivity contribution < 1.29 is 82.3 Å². The first-order valence-electron chi connectivity index (χ1n) is 35.9. The van der Waals surface area contributed by atoms with Crippen molar-refractivity contribution in [3.63, 3.8) is 0 Å². The Kier molecular flexibility index (Phi) is 29.2. The first-order chi connectivity index (χ1) is 56.5. The van der Waals surface area contributed by atoms with Crippen molar-refractivity contribution in [2.75, 3.05) is 47.9 Å². The number of Topliss-reactive ketones (excluding diaryl/α,β-unsaturated/α-hetero) is 2. The van der Waals surface area contributed by atoms with E-state index in [2.05, 4.69) is 46.6 Å². The number of aromatic carboxylic acids is 3. The molecule has 0 spiro atoms. The molecule has 23 nitrogen and oxygen atoms in total. The van der Waals surface area contributed by atoms with Gasteiger partial charge in [0, 0.05) is 66.8 Å². The van der Waals surface area contributed by atoms with Crippen LogP contribution in [-0.2, 0) is 0 Å². The van der Waals surface area contributed by atoms with Crippen LogP contribution in [0.3, 0.4) is 0 Å². The second kappa shape index (κ2) is 39.9. The number of hydrogen-bond donors (Lipinski definition) is 9. The number of aliphatic hydroxyl groups is 1. The van der Waals surface area contributed by atoms with Gasteiger partial charge < -0.3 is 61.2 Å². The summed E-state index contributed by atoms with van der Waals surface area (Å²) in [7, 11) is 4.59. The van der Waals surface area contributed by atoms with Crippen molar-refractivity contribution in [1.82, 2.24) is 24.6 Å². The number of nitrogens with zero attached hydrogens (tertiary/aromatic N) is 5. The van der Waals surface area contributed by atoms with Crippen molar-refractivity contribution in [3.05, 3.63) is 325 Å². The number of benzene rings is 10. The molecule has 0 saturated heterocycles. The molecule has 118 heavy (non-hydrogen) atoms. The molecule has 9 N–H and O–H groups in total. The second-order valence-electron chi connectivity index (χ2n) is 26.2. The van der Waals surface area contributed by atoms with Crippen LogP contribution in [0.1, 0.15) is 104 Å². The zero-order valence-electron chi connectivity index (χ0n) is 64.3. The number of methoxy groups -OCH3 is 3. The Hall–Kier alpha value is -13.9. The number of allylic oxidation sites excluding steroid dienone is 2. The zero-order chi connectivity index (χ0) is 85.0. The number of carboxylic acids is 3. The SMILES string of the molecule is C/C(Cl)=C/CC1C(=O)c2ccccc2C(=O)C1O.COc1cc(-c2ccc(Nc3ccccc3C(=O)O)c(OC)c2)ccc1Nc1ccccc1C(=O)O.COc1cccc(-c2cc(F)c(Nc3ncccc3C(=O)O)c(F)c2)c1.Cc1cc(Nc2ccc(C)c(F)c2)n2ncnc2n1.Cc1cccc(C(=O)Nc2cc(Cl)cc(Cl)c2)c1C.[HH].[HH].[HH].[HH]. The highest BCUT2D eigenvalue weighted by atomic mass is 35.5. The summed E-state index contributed by atoms with van der Waals surface area (Å²) in [5.74, 6) is -4.11. The van der Waals surface area contributed by atoms with Gasteiger partial charge in [-0.15, -0.1) is 0 Å². The summed E-state index contributed by atoms with van der Waals surface area (Å²) in [4.78, 5) is 82.8. The van der Waals surface area contributed by atoms with Crippen LogP contribution in [0.4, 0.5) is 64.6 Å². The number of aliphatic hydroxyl groups excluding tert-OH is 1. The van der Waals surface area contributed by atoms with Crippen molar-refractivity contribution in [1.29, 1.82) is 0 Å². The number of carbonyl (C=O) groups is 6. The Balaban J connectivity index is 0.000000241. The fourth-order valence-electron chi connectivity index (χ4n) is 12.0. The Morgan fingerprint density at radius 1 is 0.525 bits per heavy atom. The van der Waals surface area contributed by atoms with E-state index in [0.717, 1.165) is 40.1 Å². The molecule has 1 aliphatic carbocycles. The van der Waals surface area contributed by atoms with Gasteiger partial charge in [0.25, 0.3) is 11.7 Å². The minimum absolute atomic E-state index is 0. The third-order valence-electron chi connectivity index (χ3n) is 18.2. The molecule has 10 aromatic carbocycles. The van der Waals surface area contributed by atoms with Crippen LogP contribution in [0.2, 0.25) is 10.0 Å². The van der Waals surface area contributed by atoms with Gasteiger partial charge in [0.15, 0.2) is 11.6 Å². The second-order valence-corrected chi connectivity index (χ2v) is 27.7. The number of amides is 1. The lowest BCUT2D eigenvalue weighted by Crippen LogP contribution is -2.40. The predicted molar refractivity (Wildman–Crippen MR) is 459 cm³/mol. The van der Waals surface area contributed by atoms with Gasteiger partial charge >= 0.3 is 17.9 Å². The average molecular weight is 1670 g/mol. The lowest BCUT2D eigenvalue weighted by Gasteiger charge is -2.26. The standard InChI is InChI=1S/C28H24N2O6.C19H14F2N2O3.C15H13Cl2NO.C14H13ClO3.C13H12FN5.4H2/c1-35-25-15-17(11-13-23(25)29-21-9-5-3-7-19(21)27(31)32)18-12-14-24(26(16-18)36-2)30-22-10-6-4-8-20(22)28(33)34;1-26-13-5-2-4-11(8-13)12-9-15(20)17(16(21)10-12)23-18-14(19(24)25)6-3-7-22-18;1-9-4-3-5-14(10(9)2)15(19)18-13-7-11(16)6-12(17)8-13;1-8(15)6-7-11-12(16)9-4-2-3-5-10(9)13(17)14(11)18;1-8-3-4-10(6-11(8)14)18-12-5-9(2)17-13-15-7-16-19(12)13;;;;/h3-16,29-30H,1-2H3,(H,31,32)(H,33,34);2-10H,1H3,(H,22,23)(H,24,25);3-8H,1-2H3,(H,18,19);2-6,11,14,18H,7H2,1H3;3-7,18H,1-2H3;4*1H/b;;;8-6-;;;;;. The monoisotopic (exact) mass is 1660 g/mol. The average Bonchev–Trinajstić information content (AvgIpc) is 1.08. The third kappa shape index (κ3) is 21.9. The van der Waals surface area contributed by atoms with Crippen LogP contribution < -0.4 is 40.8 Å². The quantitative estimate of drug-likeness (QED) is 0.0342. The zero-order valence-corrected chi connectivity index (χ0v) is 66.6. The van der Waals surface area contributed by atoms with Gasteiger partial charge in [-0.05, 0) is 201 Å². The van der Waals surface area contributed by atoms with E-state index in [4.69, 9.17) is 54.1 Å². The molecule has 0 fully saturated rings. The van der Waals surface area contributed by atoms with Crippen LogP contribution in [0.5, 0.6) is 17.2 Å². The van der Waals surface area contributed by atoms with Crippen LogP contribution in [0.25, 0.3) is 28.0 Å². The Labute approximate surface area is 696 Å². The van der Waals surface area contributed by atoms with Gasteiger partial charge in [-0.25, -0.2) is 37.5 Å². The highest BCUT2D eigenvalue weighted by Gasteiger charge is 2.39. The number of hydrogen-bond acceptors (Lipinski definition) is 18. The van der Waals surface area contributed by atoms with Gasteiger partial charge in [-0.2, -0.15) is 14.6 Å². The summed E-state index contributed by atoms with van der Waals surface area (Å²) in [6.07, 6.45) is 3.40. The number of ether oxygens (including phenoxy) is 3. The van der Waals surface area contributed by atoms with Gasteiger partial charge in [0.1, 0.15) is 70.0 Å². The highest BCUT2D eigenvalue weighted by molar-refractivity contribution is 6.35. The lowest BCUT2D eigenvalue weighted by atomic mass is 9.78. The summed E-state index contributed by atoms with van der Waals surface area (Å²) in [6, 6.07) is 60.2. The minimum Gasteiger partial charge on any atom is -0.497 e. The number of carboxylic acid groups (broad SMARTS) is 3. The van der Waals surface area contributed by atoms with E-state index in [1.807, 2.05) is 81.4 Å². The normalized spacial score (nSPS) is 12.6. The number of nitrogens with one attached hydrogen (secondary N) is 5. The van der Waals surface area contributed by atoms with Crippen molar-refractivity contribution in [2.24, 2.45) is 5.92 Å². The fraction of sp³-hybridized carbons (Fsp3) is 0.124. The molecular weight excluding hydrogens is 1580 g/mol. The minimum atomic E-state index is -1.28. The molecule has 2 atom stereocenters. The maximum atomic E-state index is 14.5. The molecule has 2 unspecified atom stereocenters. The fourth-order valence-corrected chi connectivity index (χ4v) is 12.7. The topological polar surface area (TPSA) is 327 Å². The molecular formula is C89H84Cl3F3N10O13. The van der Waals surface area contributed by atoms with E-state index < -0.39 is 53.0 Å². The number of fused-ring (bicyclic) bond motifs is 2. The van der Waals surface area contributed by atoms with Crippen molar-refractivity contribution in [3.8, 4) is 39.5 Å². The summed E-state index contributed by atoms with van der Waals surface area (Å²) >= 11 is 17.5. The summed E-state index contributed by atoms with van der Waals surface area (Å²) in [6.45, 7) is 9.19. The Morgan fingerprint density at radius 2 is 1.08 bits per heavy atom. The van der Waals surface area contributed by atoms with E-state index >= 15 is 0 Å². The van der Waals surface area contributed by atoms with Crippen LogP contribution >= 0.6 is 34.8 Å². The number of anilines is 9. The molecule has 0 aliphatic heterocycles. The molecule has 1 amide bonds. The summed E-state index contributed by atoms with van der Waals surface area (Å²) in [5, 5.41) is 58.2. The molecule has 3 aromatic heterocycles. The van der Waals surface area contributed by atoms with E-state index in [-0.39, 0.29) is 52.1 Å². The number of para-hydroxylation sites is 2. The summed E-state index contributed by atoms with van der Waals surface area (Å²) < 4.78 is 60.3. The number of aromatic nitrogens is 5. The smallest absolute Gasteiger partial charge is 0.339 e. The van der Waals surface area contributed by atoms with Gasteiger partial charge in [-0.3, -0.25) is 14.4 Å². The van der Waals surface area contributed by atoms with Crippen LogP contribution in [0, 0.1) is 51.1 Å². The van der Waals surface area contributed by atoms with E-state index in [1.165, 1.54) is 50.0 Å². The highest BCUT2D eigenvalue weighted by Crippen LogP contribution is 2.39. The van der Waals surface area contributed by atoms with Crippen molar-refractivity contribution in [2.45, 2.75) is 47.1 Å². The van der Waals surface area contributed by atoms with Crippen LogP contribution in [-0.4, -0.2) is 108 Å². The number of aryl methyl sites for hydroxylation is 3. The maximum absolute atomic E-state index is 14.5. The molecule has 3 heterocycles.